The molecule has 0 N–H and O–H groups in total. The van der Waals surface area contributed by atoms with Crippen LogP contribution in [-0.4, -0.2) is 0 Å². The molecule has 3 aromatic rings. The lowest BCUT2D eigenvalue weighted by Gasteiger charge is -2.08. The smallest absolute Gasteiger partial charge is 0.416 e. The summed E-state index contributed by atoms with van der Waals surface area (Å²) in [5.41, 5.74) is 1.74. The molecule has 0 unspecified atom stereocenters. The molecule has 0 aliphatic heterocycles. The number of allylic oxidation sites excluding steroid dienone is 1. The van der Waals surface area contributed by atoms with Gasteiger partial charge in [-0.05, 0) is 71.3 Å². The summed E-state index contributed by atoms with van der Waals surface area (Å²) in [5.74, 6) is 0.635. The van der Waals surface area contributed by atoms with E-state index in [4.69, 9.17) is 16.3 Å². The maximum atomic E-state index is 12.7. The molecule has 0 aliphatic carbocycles. The normalized spacial score (nSPS) is 11.8. The van der Waals surface area contributed by atoms with Crippen molar-refractivity contribution in [2.75, 3.05) is 0 Å². The Morgan fingerprint density at radius 1 is 0.931 bits per heavy atom. The Morgan fingerprint density at radius 2 is 1.55 bits per heavy atom. The van der Waals surface area contributed by atoms with Crippen molar-refractivity contribution in [3.05, 3.63) is 100 Å². The quantitative estimate of drug-likeness (QED) is 0.333. The summed E-state index contributed by atoms with van der Waals surface area (Å²) >= 11 is 5.85. The van der Waals surface area contributed by atoms with E-state index in [0.29, 0.717) is 34.1 Å². The zero-order chi connectivity index (χ0) is 20.9. The van der Waals surface area contributed by atoms with Crippen molar-refractivity contribution >= 4 is 23.3 Å². The first-order valence-corrected chi connectivity index (χ1v) is 9.00. The molecule has 0 bridgehead atoms. The molecule has 0 heterocycles. The first-order valence-electron chi connectivity index (χ1n) is 8.62. The van der Waals surface area contributed by atoms with Crippen molar-refractivity contribution in [2.45, 2.75) is 12.8 Å². The van der Waals surface area contributed by atoms with Gasteiger partial charge in [-0.15, -0.1) is 0 Å². The third kappa shape index (κ3) is 5.63. The van der Waals surface area contributed by atoms with Gasteiger partial charge in [0.05, 0.1) is 17.2 Å². The van der Waals surface area contributed by atoms with Gasteiger partial charge in [-0.3, -0.25) is 0 Å². The summed E-state index contributed by atoms with van der Waals surface area (Å²) < 4.78 is 43.7. The summed E-state index contributed by atoms with van der Waals surface area (Å²) in [6, 6.07) is 21.0. The third-order valence-electron chi connectivity index (χ3n) is 4.15. The number of benzene rings is 3. The van der Waals surface area contributed by atoms with E-state index in [1.807, 2.05) is 12.1 Å². The highest BCUT2D eigenvalue weighted by atomic mass is 35.5. The minimum atomic E-state index is -4.39. The van der Waals surface area contributed by atoms with E-state index in [-0.39, 0.29) is 0 Å². The predicted octanol–water partition coefficient (Wildman–Crippen LogP) is 7.00. The van der Waals surface area contributed by atoms with Gasteiger partial charge in [0, 0.05) is 5.02 Å². The van der Waals surface area contributed by atoms with E-state index in [0.717, 1.165) is 17.7 Å². The Hall–Kier alpha value is -3.23. The van der Waals surface area contributed by atoms with Crippen LogP contribution in [0.1, 0.15) is 22.3 Å². The van der Waals surface area contributed by atoms with Gasteiger partial charge in [0.15, 0.2) is 0 Å². The minimum absolute atomic E-state index is 0.342. The van der Waals surface area contributed by atoms with Crippen molar-refractivity contribution in [3.63, 3.8) is 0 Å². The minimum Gasteiger partial charge on any atom is -0.489 e. The summed E-state index contributed by atoms with van der Waals surface area (Å²) in [5, 5.41) is 10.1. The Kier molecular flexibility index (Phi) is 6.26. The average Bonchev–Trinajstić information content (AvgIpc) is 2.72. The third-order valence-corrected chi connectivity index (χ3v) is 4.41. The van der Waals surface area contributed by atoms with Crippen molar-refractivity contribution in [3.8, 4) is 11.8 Å². The second-order valence-electron chi connectivity index (χ2n) is 6.23. The number of halogens is 4. The molecule has 0 saturated carbocycles. The van der Waals surface area contributed by atoms with E-state index in [2.05, 4.69) is 6.07 Å². The molecular formula is C23H15ClF3NO. The van der Waals surface area contributed by atoms with Gasteiger partial charge in [0.2, 0.25) is 0 Å². The first-order chi connectivity index (χ1) is 13.8. The zero-order valence-electron chi connectivity index (χ0n) is 15.1. The Bertz CT molecular complexity index is 1030. The van der Waals surface area contributed by atoms with Gasteiger partial charge < -0.3 is 4.74 Å². The van der Waals surface area contributed by atoms with Crippen LogP contribution in [0.4, 0.5) is 13.2 Å². The number of hydrogen-bond acceptors (Lipinski definition) is 2. The Balaban J connectivity index is 1.70. The van der Waals surface area contributed by atoms with Crippen LogP contribution in [0.25, 0.3) is 11.6 Å². The molecule has 0 amide bonds. The topological polar surface area (TPSA) is 33.0 Å². The molecule has 6 heteroatoms. The summed E-state index contributed by atoms with van der Waals surface area (Å²) in [6.45, 7) is 0.378. The lowest BCUT2D eigenvalue weighted by molar-refractivity contribution is -0.137. The standard InChI is InChI=1S/C23H15ClF3NO/c24-21-9-3-17(4-10-21)15-29-22-11-5-18(6-12-22)19(14-28)13-16-1-7-20(8-2-16)23(25,26)27/h1-13H,15H2. The number of nitriles is 1. The molecule has 3 rings (SSSR count). The van der Waals surface area contributed by atoms with Crippen LogP contribution in [0.5, 0.6) is 5.75 Å². The fourth-order valence-electron chi connectivity index (χ4n) is 2.59. The number of alkyl halides is 3. The van der Waals surface area contributed by atoms with Crippen molar-refractivity contribution in [2.24, 2.45) is 0 Å². The van der Waals surface area contributed by atoms with E-state index in [1.165, 1.54) is 12.1 Å². The maximum Gasteiger partial charge on any atom is 0.416 e. The van der Waals surface area contributed by atoms with Crippen molar-refractivity contribution in [1.82, 2.24) is 0 Å². The second kappa shape index (κ2) is 8.85. The molecule has 0 atom stereocenters. The highest BCUT2D eigenvalue weighted by molar-refractivity contribution is 6.30. The molecule has 0 fully saturated rings. The molecule has 29 heavy (non-hydrogen) atoms. The Morgan fingerprint density at radius 3 is 2.10 bits per heavy atom. The summed E-state index contributed by atoms with van der Waals surface area (Å²) in [6.07, 6.45) is -2.84. The largest absolute Gasteiger partial charge is 0.489 e. The van der Waals surface area contributed by atoms with Crippen molar-refractivity contribution in [1.29, 1.82) is 5.26 Å². The molecule has 0 saturated heterocycles. The fraction of sp³-hybridized carbons (Fsp3) is 0.0870. The molecule has 0 aliphatic rings. The second-order valence-corrected chi connectivity index (χ2v) is 6.67. The van der Waals surface area contributed by atoms with Gasteiger partial charge in [-0.25, -0.2) is 0 Å². The first kappa shape index (κ1) is 20.5. The highest BCUT2D eigenvalue weighted by Crippen LogP contribution is 2.30. The summed E-state index contributed by atoms with van der Waals surface area (Å²) in [7, 11) is 0. The van der Waals surface area contributed by atoms with Gasteiger partial charge in [-0.1, -0.05) is 35.9 Å². The van der Waals surface area contributed by atoms with E-state index in [1.54, 1.807) is 42.5 Å². The van der Waals surface area contributed by atoms with E-state index >= 15 is 0 Å². The van der Waals surface area contributed by atoms with Crippen LogP contribution in [-0.2, 0) is 12.8 Å². The molecule has 0 aromatic heterocycles. The molecule has 3 aromatic carbocycles. The van der Waals surface area contributed by atoms with Crippen LogP contribution in [0.2, 0.25) is 5.02 Å². The SMILES string of the molecule is N#CC(=Cc1ccc(C(F)(F)F)cc1)c1ccc(OCc2ccc(Cl)cc2)cc1. The lowest BCUT2D eigenvalue weighted by atomic mass is 10.0. The number of rotatable bonds is 5. The van der Waals surface area contributed by atoms with Gasteiger partial charge >= 0.3 is 6.18 Å². The highest BCUT2D eigenvalue weighted by Gasteiger charge is 2.29. The van der Waals surface area contributed by atoms with Gasteiger partial charge in [0.25, 0.3) is 0 Å². The van der Waals surface area contributed by atoms with Gasteiger partial charge in [0.1, 0.15) is 12.4 Å². The van der Waals surface area contributed by atoms with Gasteiger partial charge in [-0.2, -0.15) is 18.4 Å². The van der Waals surface area contributed by atoms with Crippen LogP contribution in [0.15, 0.2) is 72.8 Å². The van der Waals surface area contributed by atoms with Crippen LogP contribution >= 0.6 is 11.6 Å². The number of hydrogen-bond donors (Lipinski definition) is 0. The maximum absolute atomic E-state index is 12.7. The number of ether oxygens (including phenoxy) is 1. The zero-order valence-corrected chi connectivity index (χ0v) is 15.8. The molecule has 2 nitrogen and oxygen atoms in total. The fourth-order valence-corrected chi connectivity index (χ4v) is 2.72. The number of nitrogens with zero attached hydrogens (tertiary/aromatic N) is 1. The lowest BCUT2D eigenvalue weighted by Crippen LogP contribution is -2.03. The van der Waals surface area contributed by atoms with Crippen molar-refractivity contribution < 1.29 is 17.9 Å². The van der Waals surface area contributed by atoms with E-state index < -0.39 is 11.7 Å². The predicted molar refractivity (Wildman–Crippen MR) is 107 cm³/mol. The van der Waals surface area contributed by atoms with Crippen LogP contribution in [0, 0.1) is 11.3 Å². The van der Waals surface area contributed by atoms with Crippen LogP contribution < -0.4 is 4.74 Å². The average molecular weight is 414 g/mol. The molecular weight excluding hydrogens is 399 g/mol. The molecule has 0 spiro atoms. The van der Waals surface area contributed by atoms with E-state index in [9.17, 15) is 18.4 Å². The monoisotopic (exact) mass is 413 g/mol. The van der Waals surface area contributed by atoms with Crippen LogP contribution in [0.3, 0.4) is 0 Å². The summed E-state index contributed by atoms with van der Waals surface area (Å²) in [4.78, 5) is 0. The Labute approximate surface area is 171 Å². The molecule has 146 valence electrons. The molecule has 0 radical (unpaired) electrons.